The summed E-state index contributed by atoms with van der Waals surface area (Å²) in [5, 5.41) is 4.19. The van der Waals surface area contributed by atoms with E-state index in [9.17, 15) is 0 Å². The highest BCUT2D eigenvalue weighted by molar-refractivity contribution is 7.99. The van der Waals surface area contributed by atoms with Gasteiger partial charge in [0, 0.05) is 12.3 Å². The zero-order valence-electron chi connectivity index (χ0n) is 9.92. The highest BCUT2D eigenvalue weighted by atomic mass is 32.2. The first-order chi connectivity index (χ1) is 7.19. The maximum absolute atomic E-state index is 4.48. The van der Waals surface area contributed by atoms with E-state index in [0.29, 0.717) is 0 Å². The molecule has 0 fully saturated rings. The molecule has 84 valence electrons. The Kier molecular flexibility index (Phi) is 4.88. The van der Waals surface area contributed by atoms with Gasteiger partial charge in [0.25, 0.3) is 0 Å². The van der Waals surface area contributed by atoms with E-state index >= 15 is 0 Å². The lowest BCUT2D eigenvalue weighted by atomic mass is 10.3. The van der Waals surface area contributed by atoms with Crippen molar-refractivity contribution in [3.8, 4) is 0 Å². The Bertz CT molecular complexity index is 303. The standard InChI is InChI=1S/C11H19N3S/c1-5-7-15-11-13-8(3)10(12-6-2)9(4)14-11/h12H,5-7H2,1-4H3. The van der Waals surface area contributed by atoms with E-state index in [1.165, 1.54) is 0 Å². The summed E-state index contributed by atoms with van der Waals surface area (Å²) < 4.78 is 0. The molecule has 4 heteroatoms. The minimum absolute atomic E-state index is 0.897. The third kappa shape index (κ3) is 3.38. The Balaban J connectivity index is 2.87. The second-order valence-corrected chi connectivity index (χ2v) is 4.49. The van der Waals surface area contributed by atoms with Gasteiger partial charge in [-0.25, -0.2) is 9.97 Å². The van der Waals surface area contributed by atoms with Crippen molar-refractivity contribution in [1.82, 2.24) is 9.97 Å². The molecule has 0 aliphatic rings. The Morgan fingerprint density at radius 1 is 1.13 bits per heavy atom. The average molecular weight is 225 g/mol. The van der Waals surface area contributed by atoms with Gasteiger partial charge in [-0.05, 0) is 27.2 Å². The quantitative estimate of drug-likeness (QED) is 0.617. The molecule has 0 radical (unpaired) electrons. The van der Waals surface area contributed by atoms with Crippen LogP contribution in [0, 0.1) is 13.8 Å². The Hall–Kier alpha value is -0.770. The van der Waals surface area contributed by atoms with E-state index in [4.69, 9.17) is 0 Å². The van der Waals surface area contributed by atoms with Crippen molar-refractivity contribution in [3.63, 3.8) is 0 Å². The van der Waals surface area contributed by atoms with Gasteiger partial charge >= 0.3 is 0 Å². The summed E-state index contributed by atoms with van der Waals surface area (Å²) in [6.45, 7) is 9.22. The largest absolute Gasteiger partial charge is 0.382 e. The van der Waals surface area contributed by atoms with Gasteiger partial charge in [-0.1, -0.05) is 18.7 Å². The summed E-state index contributed by atoms with van der Waals surface area (Å²) in [6, 6.07) is 0. The van der Waals surface area contributed by atoms with Crippen LogP contribution in [0.4, 0.5) is 5.69 Å². The molecule has 1 aromatic heterocycles. The van der Waals surface area contributed by atoms with Crippen molar-refractivity contribution in [2.45, 2.75) is 39.3 Å². The first-order valence-corrected chi connectivity index (χ1v) is 6.39. The molecule has 0 aliphatic heterocycles. The number of rotatable bonds is 5. The fourth-order valence-corrected chi connectivity index (χ4v) is 2.17. The highest BCUT2D eigenvalue weighted by Crippen LogP contribution is 2.21. The van der Waals surface area contributed by atoms with Gasteiger partial charge in [-0.2, -0.15) is 0 Å². The summed E-state index contributed by atoms with van der Waals surface area (Å²) in [7, 11) is 0. The number of thioether (sulfide) groups is 1. The molecule has 1 heterocycles. The summed E-state index contributed by atoms with van der Waals surface area (Å²) in [4.78, 5) is 8.96. The molecule has 0 spiro atoms. The van der Waals surface area contributed by atoms with E-state index < -0.39 is 0 Å². The molecule has 1 aromatic rings. The molecule has 0 aliphatic carbocycles. The van der Waals surface area contributed by atoms with E-state index in [0.717, 1.165) is 41.0 Å². The highest BCUT2D eigenvalue weighted by Gasteiger charge is 2.07. The summed E-state index contributed by atoms with van der Waals surface area (Å²) >= 11 is 1.73. The fourth-order valence-electron chi connectivity index (χ4n) is 1.38. The maximum atomic E-state index is 4.48. The first-order valence-electron chi connectivity index (χ1n) is 5.40. The lowest BCUT2D eigenvalue weighted by Gasteiger charge is -2.11. The van der Waals surface area contributed by atoms with Crippen LogP contribution in [0.1, 0.15) is 31.7 Å². The molecule has 3 nitrogen and oxygen atoms in total. The molecule has 0 saturated carbocycles. The molecule has 0 amide bonds. The van der Waals surface area contributed by atoms with Crippen LogP contribution in [-0.4, -0.2) is 22.3 Å². The third-order valence-electron chi connectivity index (χ3n) is 2.04. The van der Waals surface area contributed by atoms with Crippen LogP contribution in [0.5, 0.6) is 0 Å². The van der Waals surface area contributed by atoms with Crippen LogP contribution in [0.2, 0.25) is 0 Å². The van der Waals surface area contributed by atoms with Gasteiger partial charge in [0.05, 0.1) is 17.1 Å². The minimum Gasteiger partial charge on any atom is -0.382 e. The van der Waals surface area contributed by atoms with Gasteiger partial charge in [0.1, 0.15) is 0 Å². The Labute approximate surface area is 96.1 Å². The zero-order valence-corrected chi connectivity index (χ0v) is 10.7. The number of hydrogen-bond acceptors (Lipinski definition) is 4. The average Bonchev–Trinajstić information content (AvgIpc) is 2.20. The third-order valence-corrected chi connectivity index (χ3v) is 3.09. The fraction of sp³-hybridized carbons (Fsp3) is 0.636. The van der Waals surface area contributed by atoms with Gasteiger partial charge in [0.15, 0.2) is 5.16 Å². The Morgan fingerprint density at radius 2 is 1.73 bits per heavy atom. The number of aryl methyl sites for hydroxylation is 2. The van der Waals surface area contributed by atoms with Gasteiger partial charge in [-0.3, -0.25) is 0 Å². The molecule has 0 bridgehead atoms. The van der Waals surface area contributed by atoms with Gasteiger partial charge in [0.2, 0.25) is 0 Å². The van der Waals surface area contributed by atoms with Crippen LogP contribution in [0.25, 0.3) is 0 Å². The van der Waals surface area contributed by atoms with Crippen molar-refractivity contribution < 1.29 is 0 Å². The number of anilines is 1. The van der Waals surface area contributed by atoms with E-state index in [2.05, 4.69) is 29.1 Å². The second-order valence-electron chi connectivity index (χ2n) is 3.43. The van der Waals surface area contributed by atoms with Gasteiger partial charge in [-0.15, -0.1) is 0 Å². The Morgan fingerprint density at radius 3 is 2.20 bits per heavy atom. The molecule has 0 aromatic carbocycles. The van der Waals surface area contributed by atoms with Crippen LogP contribution < -0.4 is 5.32 Å². The monoisotopic (exact) mass is 225 g/mol. The molecule has 0 unspecified atom stereocenters. The summed E-state index contributed by atoms with van der Waals surface area (Å²) in [5.41, 5.74) is 3.17. The van der Waals surface area contributed by atoms with Crippen molar-refractivity contribution in [2.75, 3.05) is 17.6 Å². The van der Waals surface area contributed by atoms with Crippen molar-refractivity contribution in [1.29, 1.82) is 0 Å². The van der Waals surface area contributed by atoms with Crippen LogP contribution in [0.15, 0.2) is 5.16 Å². The van der Waals surface area contributed by atoms with Crippen molar-refractivity contribution >= 4 is 17.4 Å². The van der Waals surface area contributed by atoms with E-state index in [1.54, 1.807) is 11.8 Å². The smallest absolute Gasteiger partial charge is 0.188 e. The minimum atomic E-state index is 0.897. The summed E-state index contributed by atoms with van der Waals surface area (Å²) in [5.74, 6) is 1.08. The van der Waals surface area contributed by atoms with E-state index in [1.807, 2.05) is 13.8 Å². The van der Waals surface area contributed by atoms with Crippen LogP contribution in [-0.2, 0) is 0 Å². The molecule has 0 atom stereocenters. The molecule has 1 rings (SSSR count). The first kappa shape index (κ1) is 12.3. The molecule has 1 N–H and O–H groups in total. The predicted octanol–water partition coefficient (Wildman–Crippen LogP) is 3.03. The normalized spacial score (nSPS) is 10.4. The predicted molar refractivity (Wildman–Crippen MR) is 66.7 cm³/mol. The zero-order chi connectivity index (χ0) is 11.3. The topological polar surface area (TPSA) is 37.8 Å². The SMILES string of the molecule is CCCSc1nc(C)c(NCC)c(C)n1. The number of nitrogens with zero attached hydrogens (tertiary/aromatic N) is 2. The number of hydrogen-bond donors (Lipinski definition) is 1. The second kappa shape index (κ2) is 5.95. The maximum Gasteiger partial charge on any atom is 0.188 e. The molecular weight excluding hydrogens is 206 g/mol. The van der Waals surface area contributed by atoms with Gasteiger partial charge < -0.3 is 5.32 Å². The van der Waals surface area contributed by atoms with Crippen molar-refractivity contribution in [3.05, 3.63) is 11.4 Å². The molecular formula is C11H19N3S. The van der Waals surface area contributed by atoms with Crippen LogP contribution in [0.3, 0.4) is 0 Å². The van der Waals surface area contributed by atoms with Crippen molar-refractivity contribution in [2.24, 2.45) is 0 Å². The van der Waals surface area contributed by atoms with Crippen LogP contribution >= 0.6 is 11.8 Å². The number of aromatic nitrogens is 2. The lowest BCUT2D eigenvalue weighted by Crippen LogP contribution is -2.05. The number of nitrogens with one attached hydrogen (secondary N) is 1. The summed E-state index contributed by atoms with van der Waals surface area (Å²) in [6.07, 6.45) is 1.15. The molecule has 15 heavy (non-hydrogen) atoms. The molecule has 0 saturated heterocycles. The van der Waals surface area contributed by atoms with E-state index in [-0.39, 0.29) is 0 Å². The lowest BCUT2D eigenvalue weighted by molar-refractivity contribution is 0.897.